The molecule has 2 heteroatoms. The Morgan fingerprint density at radius 1 is 1.00 bits per heavy atom. The molecule has 0 bridgehead atoms. The summed E-state index contributed by atoms with van der Waals surface area (Å²) >= 11 is 0. The first-order valence-electron chi connectivity index (χ1n) is 5.53. The van der Waals surface area contributed by atoms with Crippen LogP contribution in [-0.4, -0.2) is 9.94 Å². The van der Waals surface area contributed by atoms with Gasteiger partial charge in [-0.1, -0.05) is 43.3 Å². The maximum atomic E-state index is 10.2. The summed E-state index contributed by atoms with van der Waals surface area (Å²) < 4.78 is 1.31. The molecule has 0 saturated heterocycles. The summed E-state index contributed by atoms with van der Waals surface area (Å²) in [4.78, 5) is 0. The monoisotopic (exact) mass is 211 g/mol. The number of nitrogens with zero attached hydrogens (tertiary/aromatic N) is 1. The zero-order valence-electron chi connectivity index (χ0n) is 9.14. The van der Waals surface area contributed by atoms with Crippen molar-refractivity contribution >= 4 is 21.8 Å². The molecule has 0 radical (unpaired) electrons. The van der Waals surface area contributed by atoms with Crippen LogP contribution in [0.5, 0.6) is 0 Å². The molecule has 1 aromatic heterocycles. The van der Waals surface area contributed by atoms with Gasteiger partial charge in [0, 0.05) is 10.8 Å². The van der Waals surface area contributed by atoms with Crippen LogP contribution < -0.4 is 0 Å². The Kier molecular flexibility index (Phi) is 1.90. The van der Waals surface area contributed by atoms with Gasteiger partial charge in [0.25, 0.3) is 0 Å². The van der Waals surface area contributed by atoms with Gasteiger partial charge in [0.2, 0.25) is 0 Å². The van der Waals surface area contributed by atoms with Gasteiger partial charge in [-0.2, -0.15) is 4.73 Å². The van der Waals surface area contributed by atoms with Crippen molar-refractivity contribution in [3.63, 3.8) is 0 Å². The van der Waals surface area contributed by atoms with E-state index in [0.29, 0.717) is 0 Å². The summed E-state index contributed by atoms with van der Waals surface area (Å²) in [6, 6.07) is 14.1. The van der Waals surface area contributed by atoms with E-state index in [-0.39, 0.29) is 0 Å². The molecule has 0 unspecified atom stereocenters. The molecule has 3 aromatic rings. The van der Waals surface area contributed by atoms with Crippen LogP contribution in [0.25, 0.3) is 21.8 Å². The van der Waals surface area contributed by atoms with Crippen LogP contribution in [0, 0.1) is 0 Å². The van der Waals surface area contributed by atoms with Crippen molar-refractivity contribution in [1.82, 2.24) is 4.73 Å². The van der Waals surface area contributed by atoms with Crippen LogP contribution >= 0.6 is 0 Å². The third-order valence-electron chi connectivity index (χ3n) is 3.13. The van der Waals surface area contributed by atoms with Gasteiger partial charge in [0.05, 0.1) is 11.0 Å². The number of rotatable bonds is 1. The van der Waals surface area contributed by atoms with Crippen molar-refractivity contribution in [1.29, 1.82) is 0 Å². The SMILES string of the molecule is CCc1cccc2c3ccccc3n(O)c12. The van der Waals surface area contributed by atoms with Gasteiger partial charge in [-0.3, -0.25) is 0 Å². The topological polar surface area (TPSA) is 25.2 Å². The molecule has 0 saturated carbocycles. The zero-order chi connectivity index (χ0) is 11.1. The molecule has 0 aliphatic heterocycles. The van der Waals surface area contributed by atoms with Crippen molar-refractivity contribution in [2.75, 3.05) is 0 Å². The lowest BCUT2D eigenvalue weighted by Crippen LogP contribution is -1.92. The van der Waals surface area contributed by atoms with Crippen molar-refractivity contribution in [3.8, 4) is 0 Å². The highest BCUT2D eigenvalue weighted by Gasteiger charge is 2.11. The molecule has 0 atom stereocenters. The molecule has 16 heavy (non-hydrogen) atoms. The first-order valence-corrected chi connectivity index (χ1v) is 5.53. The molecule has 2 aromatic carbocycles. The van der Waals surface area contributed by atoms with Gasteiger partial charge in [0.1, 0.15) is 0 Å². The summed E-state index contributed by atoms with van der Waals surface area (Å²) in [6.07, 6.45) is 0.925. The van der Waals surface area contributed by atoms with E-state index in [4.69, 9.17) is 0 Å². The lowest BCUT2D eigenvalue weighted by Gasteiger charge is -2.01. The molecule has 0 aliphatic carbocycles. The van der Waals surface area contributed by atoms with Crippen LogP contribution in [0.1, 0.15) is 12.5 Å². The Morgan fingerprint density at radius 2 is 1.75 bits per heavy atom. The highest BCUT2D eigenvalue weighted by Crippen LogP contribution is 2.29. The number of fused-ring (bicyclic) bond motifs is 3. The average Bonchev–Trinajstić information content (AvgIpc) is 2.64. The van der Waals surface area contributed by atoms with Crippen LogP contribution in [-0.2, 0) is 6.42 Å². The second-order valence-corrected chi connectivity index (χ2v) is 4.00. The number of benzene rings is 2. The smallest absolute Gasteiger partial charge is 0.0910 e. The molecule has 0 spiro atoms. The molecule has 0 fully saturated rings. The van der Waals surface area contributed by atoms with E-state index < -0.39 is 0 Å². The lowest BCUT2D eigenvalue weighted by atomic mass is 10.1. The highest BCUT2D eigenvalue weighted by atomic mass is 16.5. The standard InChI is InChI=1S/C14H13NO/c1-2-10-6-5-8-12-11-7-3-4-9-13(11)15(16)14(10)12/h3-9,16H,2H2,1H3. The number of aromatic nitrogens is 1. The van der Waals surface area contributed by atoms with Gasteiger partial charge in [-0.25, -0.2) is 0 Å². The maximum Gasteiger partial charge on any atom is 0.0910 e. The Morgan fingerprint density at radius 3 is 2.56 bits per heavy atom. The molecule has 80 valence electrons. The van der Waals surface area contributed by atoms with Crippen LogP contribution in [0.3, 0.4) is 0 Å². The van der Waals surface area contributed by atoms with Crippen LogP contribution in [0.2, 0.25) is 0 Å². The first-order chi connectivity index (χ1) is 7.83. The molecule has 0 aliphatic rings. The summed E-state index contributed by atoms with van der Waals surface area (Å²) in [6.45, 7) is 2.10. The summed E-state index contributed by atoms with van der Waals surface area (Å²) in [5.41, 5.74) is 2.99. The largest absolute Gasteiger partial charge is 0.428 e. The molecule has 1 N–H and O–H groups in total. The minimum absolute atomic E-state index is 0.874. The second kappa shape index (κ2) is 3.27. The molecular weight excluding hydrogens is 198 g/mol. The Hall–Kier alpha value is -1.96. The van der Waals surface area contributed by atoms with E-state index in [2.05, 4.69) is 19.1 Å². The number of hydrogen-bond donors (Lipinski definition) is 1. The predicted molar refractivity (Wildman–Crippen MR) is 66.0 cm³/mol. The maximum absolute atomic E-state index is 10.2. The van der Waals surface area contributed by atoms with Crippen molar-refractivity contribution < 1.29 is 5.21 Å². The minimum atomic E-state index is 0.874. The van der Waals surface area contributed by atoms with Crippen molar-refractivity contribution in [3.05, 3.63) is 48.0 Å². The van der Waals surface area contributed by atoms with Crippen LogP contribution in [0.4, 0.5) is 0 Å². The molecule has 3 rings (SSSR count). The summed E-state index contributed by atoms with van der Waals surface area (Å²) in [5.74, 6) is 0. The second-order valence-electron chi connectivity index (χ2n) is 4.00. The minimum Gasteiger partial charge on any atom is -0.428 e. The van der Waals surface area contributed by atoms with E-state index >= 15 is 0 Å². The number of para-hydroxylation sites is 2. The molecular formula is C14H13NO. The normalized spacial score (nSPS) is 11.3. The fourth-order valence-electron chi connectivity index (χ4n) is 2.35. The van der Waals surface area contributed by atoms with Crippen LogP contribution in [0.15, 0.2) is 42.5 Å². The fourth-order valence-corrected chi connectivity index (χ4v) is 2.35. The Balaban J connectivity index is 2.61. The van der Waals surface area contributed by atoms with E-state index in [1.54, 1.807) is 0 Å². The van der Waals surface area contributed by atoms with E-state index in [0.717, 1.165) is 28.2 Å². The van der Waals surface area contributed by atoms with E-state index in [1.165, 1.54) is 10.3 Å². The van der Waals surface area contributed by atoms with Gasteiger partial charge < -0.3 is 5.21 Å². The zero-order valence-corrected chi connectivity index (χ0v) is 9.14. The number of hydrogen-bond acceptors (Lipinski definition) is 1. The quantitative estimate of drug-likeness (QED) is 0.611. The van der Waals surface area contributed by atoms with Gasteiger partial charge in [-0.15, -0.1) is 0 Å². The first kappa shape index (κ1) is 9.28. The number of aryl methyl sites for hydroxylation is 1. The molecule has 2 nitrogen and oxygen atoms in total. The van der Waals surface area contributed by atoms with Crippen molar-refractivity contribution in [2.24, 2.45) is 0 Å². The Labute approximate surface area is 93.7 Å². The summed E-state index contributed by atoms with van der Waals surface area (Å²) in [5, 5.41) is 12.4. The predicted octanol–water partition coefficient (Wildman–Crippen LogP) is 3.59. The Bertz CT molecular complexity index is 667. The average molecular weight is 211 g/mol. The lowest BCUT2D eigenvalue weighted by molar-refractivity contribution is 0.212. The highest BCUT2D eigenvalue weighted by molar-refractivity contribution is 6.08. The molecule has 0 amide bonds. The van der Waals surface area contributed by atoms with Gasteiger partial charge in [0.15, 0.2) is 0 Å². The van der Waals surface area contributed by atoms with Crippen molar-refractivity contribution in [2.45, 2.75) is 13.3 Å². The van der Waals surface area contributed by atoms with E-state index in [1.807, 2.05) is 30.3 Å². The fraction of sp³-hybridized carbons (Fsp3) is 0.143. The van der Waals surface area contributed by atoms with E-state index in [9.17, 15) is 5.21 Å². The van der Waals surface area contributed by atoms with Gasteiger partial charge >= 0.3 is 0 Å². The summed E-state index contributed by atoms with van der Waals surface area (Å²) in [7, 11) is 0. The van der Waals surface area contributed by atoms with Gasteiger partial charge in [-0.05, 0) is 18.1 Å². The third-order valence-corrected chi connectivity index (χ3v) is 3.13. The molecule has 1 heterocycles. The third kappa shape index (κ3) is 1.07.